The van der Waals surface area contributed by atoms with Gasteiger partial charge < -0.3 is 9.64 Å². The monoisotopic (exact) mass is 249 g/mol. The second-order valence-electron chi connectivity index (χ2n) is 4.94. The van der Waals surface area contributed by atoms with Gasteiger partial charge in [-0.05, 0) is 24.5 Å². The molecule has 1 N–H and O–H groups in total. The number of nitrogens with one attached hydrogen (secondary N) is 1. The van der Waals surface area contributed by atoms with E-state index >= 15 is 0 Å². The van der Waals surface area contributed by atoms with E-state index in [1.165, 1.54) is 5.57 Å². The third-order valence-corrected chi connectivity index (χ3v) is 3.78. The molecule has 5 heteroatoms. The largest absolute Gasteiger partial charge is 0.377 e. The zero-order valence-corrected chi connectivity index (χ0v) is 10.7. The summed E-state index contributed by atoms with van der Waals surface area (Å²) in [6.45, 7) is 2.38. The summed E-state index contributed by atoms with van der Waals surface area (Å²) in [6, 6.07) is 0.220. The van der Waals surface area contributed by atoms with Crippen molar-refractivity contribution in [2.45, 2.75) is 25.3 Å². The minimum Gasteiger partial charge on any atom is -0.377 e. The maximum absolute atomic E-state index is 11.8. The van der Waals surface area contributed by atoms with E-state index in [9.17, 15) is 4.79 Å². The Bertz CT molecular complexity index is 416. The van der Waals surface area contributed by atoms with Crippen LogP contribution in [-0.4, -0.2) is 48.7 Å². The molecule has 3 heterocycles. The van der Waals surface area contributed by atoms with E-state index in [1.807, 2.05) is 7.05 Å². The number of rotatable bonds is 1. The van der Waals surface area contributed by atoms with Crippen molar-refractivity contribution in [3.8, 4) is 0 Å². The number of fused-ring (bicyclic) bond motifs is 1. The lowest BCUT2D eigenvalue weighted by Crippen LogP contribution is -2.41. The van der Waals surface area contributed by atoms with Crippen LogP contribution in [0.1, 0.15) is 19.3 Å². The normalized spacial score (nSPS) is 28.7. The Morgan fingerprint density at radius 2 is 2.33 bits per heavy atom. The quantitative estimate of drug-likeness (QED) is 0.692. The van der Waals surface area contributed by atoms with Crippen LogP contribution < -0.4 is 5.43 Å². The van der Waals surface area contributed by atoms with Crippen LogP contribution in [-0.2, 0) is 9.53 Å². The number of carbonyl (C=O) groups excluding carboxylic acids is 1. The minimum absolute atomic E-state index is 0.201. The van der Waals surface area contributed by atoms with E-state index < -0.39 is 0 Å². The molecule has 0 aromatic carbocycles. The van der Waals surface area contributed by atoms with Crippen molar-refractivity contribution in [3.63, 3.8) is 0 Å². The molecule has 0 spiro atoms. The highest BCUT2D eigenvalue weighted by atomic mass is 16.5. The first-order chi connectivity index (χ1) is 8.75. The van der Waals surface area contributed by atoms with Gasteiger partial charge in [-0.3, -0.25) is 9.80 Å². The summed E-state index contributed by atoms with van der Waals surface area (Å²) < 4.78 is 5.33. The molecule has 3 aliphatic heterocycles. The fourth-order valence-electron chi connectivity index (χ4n) is 2.68. The first kappa shape index (κ1) is 11.7. The van der Waals surface area contributed by atoms with Crippen LogP contribution >= 0.6 is 0 Å². The van der Waals surface area contributed by atoms with Crippen LogP contribution in [0.2, 0.25) is 0 Å². The molecule has 0 aromatic rings. The van der Waals surface area contributed by atoms with Crippen molar-refractivity contribution < 1.29 is 9.53 Å². The summed E-state index contributed by atoms with van der Waals surface area (Å²) in [7, 11) is 1.86. The molecular formula is C13H19N3O2. The maximum Gasteiger partial charge on any atom is 0.227 e. The van der Waals surface area contributed by atoms with Crippen molar-refractivity contribution in [2.75, 3.05) is 26.8 Å². The van der Waals surface area contributed by atoms with Gasteiger partial charge >= 0.3 is 0 Å². The molecule has 5 nitrogen and oxygen atoms in total. The minimum atomic E-state index is 0.201. The average molecular weight is 249 g/mol. The summed E-state index contributed by atoms with van der Waals surface area (Å²) in [5.41, 5.74) is 4.84. The SMILES string of the molecule is CN1C(=O)CCCN2NC(C3=CCOCC3)C=C21. The summed E-state index contributed by atoms with van der Waals surface area (Å²) in [4.78, 5) is 13.6. The summed E-state index contributed by atoms with van der Waals surface area (Å²) >= 11 is 0. The Hall–Kier alpha value is -1.33. The van der Waals surface area contributed by atoms with E-state index in [1.54, 1.807) is 4.90 Å². The summed E-state index contributed by atoms with van der Waals surface area (Å²) in [5, 5.41) is 2.10. The van der Waals surface area contributed by atoms with Crippen LogP contribution in [0.25, 0.3) is 0 Å². The highest BCUT2D eigenvalue weighted by Gasteiger charge is 2.31. The third-order valence-electron chi connectivity index (χ3n) is 3.78. The van der Waals surface area contributed by atoms with Crippen LogP contribution in [0.4, 0.5) is 0 Å². The molecule has 0 aromatic heterocycles. The Morgan fingerprint density at radius 1 is 1.44 bits per heavy atom. The van der Waals surface area contributed by atoms with Gasteiger partial charge in [0.1, 0.15) is 5.82 Å². The van der Waals surface area contributed by atoms with Gasteiger partial charge in [-0.25, -0.2) is 5.43 Å². The van der Waals surface area contributed by atoms with Crippen molar-refractivity contribution in [2.24, 2.45) is 0 Å². The lowest BCUT2D eigenvalue weighted by molar-refractivity contribution is -0.128. The van der Waals surface area contributed by atoms with Gasteiger partial charge in [-0.15, -0.1) is 0 Å². The zero-order valence-electron chi connectivity index (χ0n) is 10.7. The Morgan fingerprint density at radius 3 is 3.11 bits per heavy atom. The Labute approximate surface area is 107 Å². The fraction of sp³-hybridized carbons (Fsp3) is 0.615. The number of carbonyl (C=O) groups is 1. The van der Waals surface area contributed by atoms with Crippen molar-refractivity contribution in [1.82, 2.24) is 15.3 Å². The van der Waals surface area contributed by atoms with Crippen molar-refractivity contribution >= 4 is 5.91 Å². The van der Waals surface area contributed by atoms with Gasteiger partial charge in [-0.1, -0.05) is 6.08 Å². The van der Waals surface area contributed by atoms with Crippen LogP contribution in [0.15, 0.2) is 23.5 Å². The molecule has 18 heavy (non-hydrogen) atoms. The molecule has 1 unspecified atom stereocenters. The summed E-state index contributed by atoms with van der Waals surface area (Å²) in [5.74, 6) is 1.20. The molecule has 98 valence electrons. The highest BCUT2D eigenvalue weighted by molar-refractivity contribution is 5.78. The molecule has 3 rings (SSSR count). The number of ether oxygens (including phenoxy) is 1. The van der Waals surface area contributed by atoms with Gasteiger partial charge in [0.25, 0.3) is 0 Å². The Kier molecular flexibility index (Phi) is 3.09. The third kappa shape index (κ3) is 2.04. The smallest absolute Gasteiger partial charge is 0.227 e. The number of amides is 1. The lowest BCUT2D eigenvalue weighted by atomic mass is 10.0. The second-order valence-corrected chi connectivity index (χ2v) is 4.94. The Balaban J connectivity index is 1.82. The number of hydrogen-bond acceptors (Lipinski definition) is 4. The second kappa shape index (κ2) is 4.74. The molecule has 0 radical (unpaired) electrons. The topological polar surface area (TPSA) is 44.8 Å². The molecular weight excluding hydrogens is 230 g/mol. The van der Waals surface area contributed by atoms with Crippen molar-refractivity contribution in [3.05, 3.63) is 23.5 Å². The van der Waals surface area contributed by atoms with Crippen LogP contribution in [0, 0.1) is 0 Å². The van der Waals surface area contributed by atoms with E-state index in [2.05, 4.69) is 22.6 Å². The van der Waals surface area contributed by atoms with E-state index in [4.69, 9.17) is 4.74 Å². The zero-order chi connectivity index (χ0) is 12.5. The first-order valence-electron chi connectivity index (χ1n) is 6.54. The average Bonchev–Trinajstić information content (AvgIpc) is 2.78. The summed E-state index contributed by atoms with van der Waals surface area (Å²) in [6.07, 6.45) is 6.80. The highest BCUT2D eigenvalue weighted by Crippen LogP contribution is 2.25. The van der Waals surface area contributed by atoms with E-state index in [-0.39, 0.29) is 11.9 Å². The van der Waals surface area contributed by atoms with Gasteiger partial charge in [0.05, 0.1) is 19.3 Å². The molecule has 1 atom stereocenters. The van der Waals surface area contributed by atoms with Crippen LogP contribution in [0.3, 0.4) is 0 Å². The molecule has 1 fully saturated rings. The van der Waals surface area contributed by atoms with Crippen molar-refractivity contribution in [1.29, 1.82) is 0 Å². The van der Waals surface area contributed by atoms with Gasteiger partial charge in [0.15, 0.2) is 0 Å². The number of hydrazine groups is 1. The standard InChI is InChI=1S/C13H19N3O2/c1-15-12-9-11(10-4-7-18-8-5-10)14-16(12)6-2-3-13(15)17/h4,9,11,14H,2-3,5-8H2,1H3. The predicted octanol–water partition coefficient (Wildman–Crippen LogP) is 0.615. The van der Waals surface area contributed by atoms with Gasteiger partial charge in [-0.2, -0.15) is 0 Å². The molecule has 0 saturated carbocycles. The van der Waals surface area contributed by atoms with E-state index in [0.717, 1.165) is 31.8 Å². The van der Waals surface area contributed by atoms with Gasteiger partial charge in [0, 0.05) is 20.0 Å². The molecule has 1 saturated heterocycles. The molecule has 0 bridgehead atoms. The maximum atomic E-state index is 11.8. The fourth-order valence-corrected chi connectivity index (χ4v) is 2.68. The number of nitrogens with zero attached hydrogens (tertiary/aromatic N) is 2. The number of hydrogen-bond donors (Lipinski definition) is 1. The predicted molar refractivity (Wildman–Crippen MR) is 67.2 cm³/mol. The molecule has 0 aliphatic carbocycles. The molecule has 3 aliphatic rings. The first-order valence-corrected chi connectivity index (χ1v) is 6.54. The van der Waals surface area contributed by atoms with Crippen LogP contribution in [0.5, 0.6) is 0 Å². The lowest BCUT2D eigenvalue weighted by Gasteiger charge is -2.26. The van der Waals surface area contributed by atoms with Gasteiger partial charge in [0.2, 0.25) is 5.91 Å². The molecule has 1 amide bonds. The van der Waals surface area contributed by atoms with E-state index in [0.29, 0.717) is 13.0 Å².